The Morgan fingerprint density at radius 2 is 1.10 bits per heavy atom. The number of nitrogens with one attached hydrogen (secondary N) is 8. The molecule has 0 aliphatic carbocycles. The van der Waals surface area contributed by atoms with Gasteiger partial charge >= 0.3 is 17.9 Å². The number of nitrogens with zero attached hydrogens (tertiary/aromatic N) is 5. The predicted octanol–water partition coefficient (Wildman–Crippen LogP) is -1.37. The van der Waals surface area contributed by atoms with E-state index in [1.807, 2.05) is 42.5 Å². The van der Waals surface area contributed by atoms with Gasteiger partial charge in [-0.3, -0.25) is 73.0 Å². The molecular formula is C59H78N14O14. The van der Waals surface area contributed by atoms with Crippen molar-refractivity contribution < 1.29 is 68.4 Å². The number of carbonyl (C=O) groups is 10. The van der Waals surface area contributed by atoms with Gasteiger partial charge in [-0.15, -0.1) is 0 Å². The van der Waals surface area contributed by atoms with Crippen molar-refractivity contribution in [2.45, 2.75) is 62.7 Å². The number of phenols is 1. The van der Waals surface area contributed by atoms with Crippen LogP contribution in [-0.4, -0.2) is 240 Å². The van der Waals surface area contributed by atoms with Crippen LogP contribution >= 0.6 is 0 Å². The number of carboxylic acid groups (broad SMARTS) is 3. The van der Waals surface area contributed by atoms with E-state index in [-0.39, 0.29) is 147 Å². The van der Waals surface area contributed by atoms with Crippen LogP contribution in [0.25, 0.3) is 10.8 Å². The molecule has 4 aromatic rings. The van der Waals surface area contributed by atoms with Crippen LogP contribution in [0.5, 0.6) is 5.75 Å². The number of carboxylic acids is 3. The highest BCUT2D eigenvalue weighted by atomic mass is 16.4. The van der Waals surface area contributed by atoms with E-state index in [4.69, 9.17) is 11.1 Å². The van der Waals surface area contributed by atoms with Crippen molar-refractivity contribution >= 4 is 81.7 Å². The van der Waals surface area contributed by atoms with Crippen molar-refractivity contribution in [3.63, 3.8) is 0 Å². The fraction of sp³-hybridized carbons (Fsp3) is 0.441. The first-order valence-electron chi connectivity index (χ1n) is 28.6. The minimum absolute atomic E-state index is 0.00380. The van der Waals surface area contributed by atoms with Crippen molar-refractivity contribution in [3.05, 3.63) is 108 Å². The molecule has 2 aliphatic heterocycles. The number of hydrogen-bond donors (Lipinski definition) is 13. The van der Waals surface area contributed by atoms with Crippen molar-refractivity contribution in [1.29, 1.82) is 5.41 Å². The van der Waals surface area contributed by atoms with Crippen molar-refractivity contribution in [2.24, 2.45) is 5.73 Å². The van der Waals surface area contributed by atoms with Crippen LogP contribution in [-0.2, 0) is 56.0 Å². The number of carbonyl (C=O) groups excluding carboxylic acids is 7. The van der Waals surface area contributed by atoms with Crippen LogP contribution in [0.1, 0.15) is 47.2 Å². The zero-order valence-corrected chi connectivity index (χ0v) is 48.5. The number of phenolic OH excluding ortho intramolecular Hbond substituents is 1. The maximum atomic E-state index is 14.7. The third kappa shape index (κ3) is 22.6. The number of fused-ring (bicyclic) bond motifs is 1. The maximum absolute atomic E-state index is 14.7. The summed E-state index contributed by atoms with van der Waals surface area (Å²) in [5, 5.41) is 67.2. The summed E-state index contributed by atoms with van der Waals surface area (Å²) in [5.74, 6) is -8.20. The molecule has 0 spiro atoms. The number of nitrogens with two attached hydrogens (primary N) is 1. The SMILES string of the molecule is CN1C(=O)[C@@H](Cc2ccc(O)cc2)NC(=O)CNC(=O)[C@H](Cc2ccc3ccccc3c2)NC(=O)[C@H](CCCNC(=N)N)NC(=O)[C@H]1CCCNC(=O)c1ccc(NC(=O)CN2CCN(CC(=O)O)CCN(CC(=O)O)CCN(CC(=O)O)CC2)cc1. The maximum Gasteiger partial charge on any atom is 0.317 e. The summed E-state index contributed by atoms with van der Waals surface area (Å²) in [7, 11) is 1.37. The van der Waals surface area contributed by atoms with Gasteiger partial charge < -0.3 is 68.3 Å². The highest BCUT2D eigenvalue weighted by molar-refractivity contribution is 5.98. The van der Waals surface area contributed by atoms with Crippen LogP contribution in [0.3, 0.4) is 0 Å². The molecule has 0 saturated carbocycles. The van der Waals surface area contributed by atoms with Crippen LogP contribution in [0.2, 0.25) is 0 Å². The van der Waals surface area contributed by atoms with E-state index >= 15 is 0 Å². The first-order chi connectivity index (χ1) is 41.6. The second-order valence-electron chi connectivity index (χ2n) is 21.5. The van der Waals surface area contributed by atoms with E-state index in [2.05, 4.69) is 37.2 Å². The molecule has 7 amide bonds. The summed E-state index contributed by atoms with van der Waals surface area (Å²) in [5.41, 5.74) is 7.30. The number of rotatable bonds is 22. The summed E-state index contributed by atoms with van der Waals surface area (Å²) < 4.78 is 0. The smallest absolute Gasteiger partial charge is 0.317 e. The van der Waals surface area contributed by atoms with Gasteiger partial charge in [0.25, 0.3) is 5.91 Å². The van der Waals surface area contributed by atoms with Crippen molar-refractivity contribution in [2.75, 3.05) is 111 Å². The minimum atomic E-state index is -1.30. The lowest BCUT2D eigenvalue weighted by Gasteiger charge is -2.32. The van der Waals surface area contributed by atoms with E-state index in [1.165, 1.54) is 43.4 Å². The lowest BCUT2D eigenvalue weighted by Crippen LogP contribution is -2.58. The number of amides is 7. The molecule has 2 aliphatic rings. The molecule has 6 rings (SSSR count). The number of likely N-dealkylation sites (N-methyl/N-ethyl adjacent to an activating group) is 1. The van der Waals surface area contributed by atoms with Crippen LogP contribution in [0.15, 0.2) is 91.0 Å². The number of anilines is 1. The molecule has 4 atom stereocenters. The molecule has 2 saturated heterocycles. The van der Waals surface area contributed by atoms with Gasteiger partial charge in [0.05, 0.1) is 32.7 Å². The standard InChI is InChI=1S/C59H78N14O14/c1-69-48(9-5-20-62-54(83)41-14-16-43(17-15-41)65-50(76)34-70-22-24-71(35-51(77)78)26-28-73(37-53(81)82)29-27-72(25-23-70)36-52(79)80)57(86)67-45(8-4-21-63-59(60)61)56(85)68-46(32-39-10-13-40-6-2-3-7-42(40)30-39)55(84)64-33-49(75)66-47(58(69)87)31-38-11-18-44(74)19-12-38/h2-3,6-7,10-19,30,45-48,74H,4-5,8-9,20-29,31-37H2,1H3,(H,62,83)(H,64,84)(H,65,76)(H,66,75)(H,67,86)(H,68,85)(H,77,78)(H,79,80)(H,81,82)(H4,60,61,63)/t45-,46-,47+,48+/m0/s1. The lowest BCUT2D eigenvalue weighted by atomic mass is 10.00. The summed E-state index contributed by atoms with van der Waals surface area (Å²) >= 11 is 0. The largest absolute Gasteiger partial charge is 0.508 e. The lowest BCUT2D eigenvalue weighted by molar-refractivity contribution is -0.142. The average molecular weight is 1210 g/mol. The van der Waals surface area contributed by atoms with E-state index in [9.17, 15) is 68.4 Å². The van der Waals surface area contributed by atoms with E-state index in [1.54, 1.807) is 31.7 Å². The molecule has 468 valence electrons. The number of benzene rings is 4. The minimum Gasteiger partial charge on any atom is -0.508 e. The molecule has 0 aromatic heterocycles. The molecule has 28 nitrogen and oxygen atoms in total. The number of guanidine groups is 1. The summed E-state index contributed by atoms with van der Waals surface area (Å²) in [6, 6.07) is 20.0. The summed E-state index contributed by atoms with van der Waals surface area (Å²) in [6.07, 6.45) is 0.163. The fourth-order valence-electron chi connectivity index (χ4n) is 10.1. The van der Waals surface area contributed by atoms with Crippen molar-refractivity contribution in [1.82, 2.24) is 56.4 Å². The van der Waals surface area contributed by atoms with Crippen LogP contribution < -0.4 is 43.0 Å². The Morgan fingerprint density at radius 3 is 1.68 bits per heavy atom. The molecule has 28 heteroatoms. The van der Waals surface area contributed by atoms with Crippen LogP contribution in [0, 0.1) is 5.41 Å². The van der Waals surface area contributed by atoms with Gasteiger partial charge in [-0.05, 0) is 84.0 Å². The Morgan fingerprint density at radius 1 is 0.586 bits per heavy atom. The molecule has 0 unspecified atom stereocenters. The molecule has 0 radical (unpaired) electrons. The van der Waals surface area contributed by atoms with E-state index in [0.717, 1.165) is 15.7 Å². The number of hydrogen-bond acceptors (Lipinski definition) is 16. The number of aromatic hydroxyl groups is 1. The molecule has 4 aromatic carbocycles. The first kappa shape index (κ1) is 66.9. The first-order valence-corrected chi connectivity index (χ1v) is 28.6. The van der Waals surface area contributed by atoms with E-state index in [0.29, 0.717) is 16.8 Å². The van der Waals surface area contributed by atoms with Gasteiger partial charge in [-0.25, -0.2) is 0 Å². The normalized spacial score (nSPS) is 19.6. The summed E-state index contributed by atoms with van der Waals surface area (Å²) in [6.45, 7) is 0.205. The Balaban J connectivity index is 1.15. The van der Waals surface area contributed by atoms with Gasteiger partial charge in [0.15, 0.2) is 5.96 Å². The van der Waals surface area contributed by atoms with Crippen LogP contribution in [0.4, 0.5) is 5.69 Å². The molecule has 0 bridgehead atoms. The van der Waals surface area contributed by atoms with E-state index < -0.39 is 90.0 Å². The van der Waals surface area contributed by atoms with Gasteiger partial charge in [-0.2, -0.15) is 0 Å². The fourth-order valence-corrected chi connectivity index (χ4v) is 10.1. The highest BCUT2D eigenvalue weighted by Crippen LogP contribution is 2.19. The average Bonchev–Trinajstić information content (AvgIpc) is 3.64. The molecule has 2 fully saturated rings. The second-order valence-corrected chi connectivity index (χ2v) is 21.5. The predicted molar refractivity (Wildman–Crippen MR) is 319 cm³/mol. The third-order valence-corrected chi connectivity index (χ3v) is 14.8. The second kappa shape index (κ2) is 33.4. The van der Waals surface area contributed by atoms with Gasteiger partial charge in [0.2, 0.25) is 35.4 Å². The molecule has 87 heavy (non-hydrogen) atoms. The van der Waals surface area contributed by atoms with Gasteiger partial charge in [0.1, 0.15) is 29.9 Å². The summed E-state index contributed by atoms with van der Waals surface area (Å²) in [4.78, 5) is 141. The quantitative estimate of drug-likeness (QED) is 0.0245. The molecular weight excluding hydrogens is 1130 g/mol. The monoisotopic (exact) mass is 1210 g/mol. The highest BCUT2D eigenvalue weighted by Gasteiger charge is 2.36. The molecule has 14 N–H and O–H groups in total. The Bertz CT molecular complexity index is 3050. The topological polar surface area (TPSA) is 402 Å². The Kier molecular flexibility index (Phi) is 25.7. The zero-order chi connectivity index (χ0) is 63.0. The Labute approximate surface area is 502 Å². The van der Waals surface area contributed by atoms with Crippen molar-refractivity contribution in [3.8, 4) is 5.75 Å². The van der Waals surface area contributed by atoms with Gasteiger partial charge in [-0.1, -0.05) is 54.6 Å². The zero-order valence-electron chi connectivity index (χ0n) is 48.5. The Hall–Kier alpha value is -9.25. The third-order valence-electron chi connectivity index (χ3n) is 14.8. The number of aliphatic carboxylic acids is 3. The van der Waals surface area contributed by atoms with Gasteiger partial charge in [0, 0.05) is 96.6 Å². The molecule has 2 heterocycles.